The van der Waals surface area contributed by atoms with Crippen LogP contribution in [0.4, 0.5) is 0 Å². The van der Waals surface area contributed by atoms with Crippen LogP contribution in [-0.2, 0) is 11.8 Å². The van der Waals surface area contributed by atoms with Gasteiger partial charge in [-0.3, -0.25) is 14.3 Å². The highest BCUT2D eigenvalue weighted by Crippen LogP contribution is 2.11. The molecule has 0 unspecified atom stereocenters. The summed E-state index contributed by atoms with van der Waals surface area (Å²) in [6.45, 7) is 5.05. The lowest BCUT2D eigenvalue weighted by Crippen LogP contribution is -2.40. The first-order valence-corrected chi connectivity index (χ1v) is 5.36. The highest BCUT2D eigenvalue weighted by Gasteiger charge is 2.24. The maximum atomic E-state index is 12.2. The quantitative estimate of drug-likeness (QED) is 0.837. The minimum atomic E-state index is -1.02. The molecule has 0 bridgehead atoms. The Bertz CT molecular complexity index is 437. The van der Waals surface area contributed by atoms with E-state index < -0.39 is 5.97 Å². The van der Waals surface area contributed by atoms with Crippen LogP contribution in [0.3, 0.4) is 0 Å². The van der Waals surface area contributed by atoms with E-state index in [2.05, 4.69) is 5.10 Å². The lowest BCUT2D eigenvalue weighted by molar-refractivity contribution is -0.138. The number of carboxylic acid groups (broad SMARTS) is 1. The molecular weight excluding hydrogens is 222 g/mol. The first-order chi connectivity index (χ1) is 7.84. The van der Waals surface area contributed by atoms with Crippen molar-refractivity contribution < 1.29 is 14.7 Å². The van der Waals surface area contributed by atoms with E-state index in [1.54, 1.807) is 32.5 Å². The van der Waals surface area contributed by atoms with Gasteiger partial charge in [0, 0.05) is 18.8 Å². The normalized spacial score (nSPS) is 10.6. The molecule has 1 rings (SSSR count). The number of amides is 1. The molecule has 0 fully saturated rings. The van der Waals surface area contributed by atoms with Gasteiger partial charge in [-0.05, 0) is 20.8 Å². The van der Waals surface area contributed by atoms with E-state index in [0.29, 0.717) is 5.56 Å². The Morgan fingerprint density at radius 3 is 2.47 bits per heavy atom. The molecule has 0 radical (unpaired) electrons. The lowest BCUT2D eigenvalue weighted by atomic mass is 10.2. The van der Waals surface area contributed by atoms with Crippen LogP contribution in [0.15, 0.2) is 6.20 Å². The highest BCUT2D eigenvalue weighted by atomic mass is 16.4. The molecule has 1 amide bonds. The minimum Gasteiger partial charge on any atom is -0.480 e. The summed E-state index contributed by atoms with van der Waals surface area (Å²) in [5.74, 6) is -1.32. The van der Waals surface area contributed by atoms with E-state index in [4.69, 9.17) is 5.11 Å². The molecule has 1 aromatic heterocycles. The summed E-state index contributed by atoms with van der Waals surface area (Å²) in [6, 6.07) is -0.168. The van der Waals surface area contributed by atoms with Crippen LogP contribution < -0.4 is 0 Å². The molecule has 0 aliphatic carbocycles. The maximum Gasteiger partial charge on any atom is 0.323 e. The number of carbonyl (C=O) groups excluding carboxylic acids is 1. The second-order valence-corrected chi connectivity index (χ2v) is 4.19. The molecule has 1 heterocycles. The molecule has 0 saturated heterocycles. The summed E-state index contributed by atoms with van der Waals surface area (Å²) < 4.78 is 1.59. The zero-order valence-corrected chi connectivity index (χ0v) is 10.5. The maximum absolute atomic E-state index is 12.2. The zero-order chi connectivity index (χ0) is 13.2. The molecule has 94 valence electrons. The molecule has 0 aromatic carbocycles. The van der Waals surface area contributed by atoms with Gasteiger partial charge in [0.25, 0.3) is 5.91 Å². The van der Waals surface area contributed by atoms with E-state index in [-0.39, 0.29) is 18.5 Å². The summed E-state index contributed by atoms with van der Waals surface area (Å²) >= 11 is 0. The Balaban J connectivity index is 3.00. The van der Waals surface area contributed by atoms with Crippen molar-refractivity contribution in [3.05, 3.63) is 17.5 Å². The van der Waals surface area contributed by atoms with Gasteiger partial charge in [0.15, 0.2) is 0 Å². The van der Waals surface area contributed by atoms with Gasteiger partial charge in [-0.1, -0.05) is 0 Å². The van der Waals surface area contributed by atoms with E-state index in [1.165, 1.54) is 11.1 Å². The van der Waals surface area contributed by atoms with Crippen LogP contribution in [0.5, 0.6) is 0 Å². The number of carboxylic acids is 1. The van der Waals surface area contributed by atoms with Gasteiger partial charge in [-0.2, -0.15) is 5.10 Å². The number of rotatable bonds is 4. The molecule has 17 heavy (non-hydrogen) atoms. The Morgan fingerprint density at radius 1 is 1.53 bits per heavy atom. The fourth-order valence-corrected chi connectivity index (χ4v) is 1.50. The van der Waals surface area contributed by atoms with E-state index >= 15 is 0 Å². The monoisotopic (exact) mass is 239 g/mol. The van der Waals surface area contributed by atoms with Gasteiger partial charge in [0.1, 0.15) is 6.54 Å². The minimum absolute atomic E-state index is 0.168. The number of aliphatic carboxylic acids is 1. The molecule has 0 spiro atoms. The fourth-order valence-electron chi connectivity index (χ4n) is 1.50. The SMILES string of the molecule is Cc1c(C(=O)N(CC(=O)O)C(C)C)cnn1C. The standard InChI is InChI=1S/C11H17N3O3/c1-7(2)14(6-10(15)16)11(17)9-5-12-13(4)8(9)3/h5,7H,6H2,1-4H3,(H,15,16). The van der Waals surface area contributed by atoms with Gasteiger partial charge in [0.05, 0.1) is 11.8 Å². The van der Waals surface area contributed by atoms with Crippen molar-refractivity contribution in [2.75, 3.05) is 6.54 Å². The van der Waals surface area contributed by atoms with Crippen LogP contribution >= 0.6 is 0 Å². The summed E-state index contributed by atoms with van der Waals surface area (Å²) in [6.07, 6.45) is 1.47. The number of aromatic nitrogens is 2. The van der Waals surface area contributed by atoms with Crippen LogP contribution in [-0.4, -0.2) is 44.3 Å². The van der Waals surface area contributed by atoms with Crippen molar-refractivity contribution in [3.63, 3.8) is 0 Å². The van der Waals surface area contributed by atoms with Crippen molar-refractivity contribution in [2.45, 2.75) is 26.8 Å². The van der Waals surface area contributed by atoms with Crippen molar-refractivity contribution in [2.24, 2.45) is 7.05 Å². The van der Waals surface area contributed by atoms with Crippen LogP contribution in [0.1, 0.15) is 29.9 Å². The van der Waals surface area contributed by atoms with Gasteiger partial charge < -0.3 is 10.0 Å². The van der Waals surface area contributed by atoms with Gasteiger partial charge >= 0.3 is 5.97 Å². The van der Waals surface area contributed by atoms with E-state index in [9.17, 15) is 9.59 Å². The van der Waals surface area contributed by atoms with Crippen LogP contribution in [0.25, 0.3) is 0 Å². The first-order valence-electron chi connectivity index (χ1n) is 5.36. The number of carbonyl (C=O) groups is 2. The van der Waals surface area contributed by atoms with Gasteiger partial charge in [-0.25, -0.2) is 0 Å². The molecule has 0 saturated carbocycles. The number of nitrogens with zero attached hydrogens (tertiary/aromatic N) is 3. The average molecular weight is 239 g/mol. The van der Waals surface area contributed by atoms with Crippen molar-refractivity contribution >= 4 is 11.9 Å². The van der Waals surface area contributed by atoms with Crippen molar-refractivity contribution in [1.29, 1.82) is 0 Å². The summed E-state index contributed by atoms with van der Waals surface area (Å²) in [5.41, 5.74) is 1.17. The Kier molecular flexibility index (Phi) is 3.88. The second-order valence-electron chi connectivity index (χ2n) is 4.19. The third kappa shape index (κ3) is 2.83. The van der Waals surface area contributed by atoms with E-state index in [0.717, 1.165) is 5.69 Å². The number of hydrogen-bond acceptors (Lipinski definition) is 3. The van der Waals surface area contributed by atoms with Crippen LogP contribution in [0, 0.1) is 6.92 Å². The molecule has 6 heteroatoms. The lowest BCUT2D eigenvalue weighted by Gasteiger charge is -2.24. The number of aryl methyl sites for hydroxylation is 1. The zero-order valence-electron chi connectivity index (χ0n) is 10.5. The molecule has 6 nitrogen and oxygen atoms in total. The molecule has 0 atom stereocenters. The Labute approximate surface area is 99.8 Å². The summed E-state index contributed by atoms with van der Waals surface area (Å²) in [5, 5.41) is 12.8. The summed E-state index contributed by atoms with van der Waals surface area (Å²) in [7, 11) is 1.74. The summed E-state index contributed by atoms with van der Waals surface area (Å²) in [4.78, 5) is 24.2. The Hall–Kier alpha value is -1.85. The third-order valence-electron chi connectivity index (χ3n) is 2.66. The number of hydrogen-bond donors (Lipinski definition) is 1. The van der Waals surface area contributed by atoms with E-state index in [1.807, 2.05) is 0 Å². The molecule has 0 aliphatic heterocycles. The molecule has 1 aromatic rings. The predicted octanol–water partition coefficient (Wildman–Crippen LogP) is 0.664. The fraction of sp³-hybridized carbons (Fsp3) is 0.545. The first kappa shape index (κ1) is 13.2. The molecular formula is C11H17N3O3. The average Bonchev–Trinajstić information content (AvgIpc) is 2.55. The largest absolute Gasteiger partial charge is 0.480 e. The highest BCUT2D eigenvalue weighted by molar-refractivity contribution is 5.96. The predicted molar refractivity (Wildman–Crippen MR) is 61.8 cm³/mol. The topological polar surface area (TPSA) is 75.4 Å². The van der Waals surface area contributed by atoms with Gasteiger partial charge in [-0.15, -0.1) is 0 Å². The smallest absolute Gasteiger partial charge is 0.323 e. The molecule has 0 aliphatic rings. The van der Waals surface area contributed by atoms with Gasteiger partial charge in [0.2, 0.25) is 0 Å². The Morgan fingerprint density at radius 2 is 2.12 bits per heavy atom. The second kappa shape index (κ2) is 4.99. The van der Waals surface area contributed by atoms with Crippen LogP contribution in [0.2, 0.25) is 0 Å². The third-order valence-corrected chi connectivity index (χ3v) is 2.66. The molecule has 1 N–H and O–H groups in total. The van der Waals surface area contributed by atoms with Crippen molar-refractivity contribution in [1.82, 2.24) is 14.7 Å². The van der Waals surface area contributed by atoms with Crippen molar-refractivity contribution in [3.8, 4) is 0 Å².